The van der Waals surface area contributed by atoms with Crippen molar-refractivity contribution in [2.75, 3.05) is 0 Å². The molecule has 3 aromatic rings. The Kier molecular flexibility index (Phi) is 6.54. The van der Waals surface area contributed by atoms with Gasteiger partial charge < -0.3 is 9.84 Å². The molecule has 0 fully saturated rings. The monoisotopic (exact) mass is 360 g/mol. The van der Waals surface area contributed by atoms with Gasteiger partial charge in [-0.1, -0.05) is 69.2 Å². The van der Waals surface area contributed by atoms with E-state index in [9.17, 15) is 5.11 Å². The average molecular weight is 360 g/mol. The lowest BCUT2D eigenvalue weighted by Gasteiger charge is -2.18. The smallest absolute Gasteiger partial charge is 0.126 e. The summed E-state index contributed by atoms with van der Waals surface area (Å²) < 4.78 is 6.33. The Bertz CT molecular complexity index is 824. The third kappa shape index (κ3) is 4.91. The molecule has 0 aliphatic heterocycles. The van der Waals surface area contributed by atoms with Crippen LogP contribution in [0.4, 0.5) is 0 Å². The third-order valence-corrected chi connectivity index (χ3v) is 4.71. The van der Waals surface area contributed by atoms with E-state index in [1.54, 1.807) is 12.1 Å². The predicted octanol–water partition coefficient (Wildman–Crippen LogP) is 6.54. The van der Waals surface area contributed by atoms with E-state index < -0.39 is 0 Å². The summed E-state index contributed by atoms with van der Waals surface area (Å²) >= 11 is 0. The SMILES string of the molecule is CCCc1cc(-c2ccc(O)cc2)cc(CCC)c1OCc1ccccc1. The van der Waals surface area contributed by atoms with Crippen LogP contribution in [0, 0.1) is 0 Å². The largest absolute Gasteiger partial charge is 0.508 e. The van der Waals surface area contributed by atoms with Crippen molar-refractivity contribution in [1.82, 2.24) is 0 Å². The Morgan fingerprint density at radius 2 is 1.33 bits per heavy atom. The molecule has 3 rings (SSSR count). The van der Waals surface area contributed by atoms with Gasteiger partial charge in [-0.15, -0.1) is 0 Å². The number of hydrogen-bond donors (Lipinski definition) is 1. The zero-order valence-electron chi connectivity index (χ0n) is 16.2. The van der Waals surface area contributed by atoms with E-state index in [1.807, 2.05) is 30.3 Å². The van der Waals surface area contributed by atoms with E-state index in [0.717, 1.165) is 37.0 Å². The van der Waals surface area contributed by atoms with E-state index >= 15 is 0 Å². The van der Waals surface area contributed by atoms with Gasteiger partial charge in [0.1, 0.15) is 18.1 Å². The lowest BCUT2D eigenvalue weighted by Crippen LogP contribution is -2.03. The van der Waals surface area contributed by atoms with Gasteiger partial charge in [0, 0.05) is 0 Å². The molecule has 0 spiro atoms. The van der Waals surface area contributed by atoms with Crippen LogP contribution in [0.5, 0.6) is 11.5 Å². The molecule has 0 aromatic heterocycles. The van der Waals surface area contributed by atoms with Crippen molar-refractivity contribution in [2.24, 2.45) is 0 Å². The standard InChI is InChI=1S/C25H28O2/c1-3-8-21-16-23(20-12-14-24(26)15-13-20)17-22(9-4-2)25(21)27-18-19-10-6-5-7-11-19/h5-7,10-17,26H,3-4,8-9,18H2,1-2H3. The summed E-state index contributed by atoms with van der Waals surface area (Å²) in [5.74, 6) is 1.34. The van der Waals surface area contributed by atoms with Crippen LogP contribution in [0.2, 0.25) is 0 Å². The summed E-state index contributed by atoms with van der Waals surface area (Å²) in [4.78, 5) is 0. The molecule has 140 valence electrons. The number of phenols is 1. The van der Waals surface area contributed by atoms with Crippen molar-refractivity contribution in [2.45, 2.75) is 46.1 Å². The van der Waals surface area contributed by atoms with Gasteiger partial charge in [-0.2, -0.15) is 0 Å². The van der Waals surface area contributed by atoms with Gasteiger partial charge in [-0.25, -0.2) is 0 Å². The van der Waals surface area contributed by atoms with E-state index in [1.165, 1.54) is 22.3 Å². The maximum absolute atomic E-state index is 9.58. The second-order valence-electron chi connectivity index (χ2n) is 6.94. The topological polar surface area (TPSA) is 29.5 Å². The Hall–Kier alpha value is -2.74. The lowest BCUT2D eigenvalue weighted by atomic mass is 9.94. The summed E-state index contributed by atoms with van der Waals surface area (Å²) in [6.07, 6.45) is 4.14. The molecular formula is C25H28O2. The molecule has 1 N–H and O–H groups in total. The number of aryl methyl sites for hydroxylation is 2. The maximum atomic E-state index is 9.58. The molecule has 0 amide bonds. The number of hydrogen-bond acceptors (Lipinski definition) is 2. The zero-order valence-corrected chi connectivity index (χ0v) is 16.2. The number of benzene rings is 3. The Morgan fingerprint density at radius 1 is 0.741 bits per heavy atom. The fraction of sp³-hybridized carbons (Fsp3) is 0.280. The van der Waals surface area contributed by atoms with Gasteiger partial charge in [0.25, 0.3) is 0 Å². The normalized spacial score (nSPS) is 10.7. The first-order chi connectivity index (χ1) is 13.2. The van der Waals surface area contributed by atoms with Crippen LogP contribution in [0.25, 0.3) is 11.1 Å². The molecule has 0 atom stereocenters. The van der Waals surface area contributed by atoms with Crippen molar-refractivity contribution in [3.63, 3.8) is 0 Å². The summed E-state index contributed by atoms with van der Waals surface area (Å²) in [5.41, 5.74) is 6.03. The number of rotatable bonds is 8. The van der Waals surface area contributed by atoms with Crippen molar-refractivity contribution in [3.8, 4) is 22.6 Å². The van der Waals surface area contributed by atoms with E-state index in [-0.39, 0.29) is 0 Å². The molecule has 2 nitrogen and oxygen atoms in total. The lowest BCUT2D eigenvalue weighted by molar-refractivity contribution is 0.299. The maximum Gasteiger partial charge on any atom is 0.126 e. The highest BCUT2D eigenvalue weighted by Crippen LogP contribution is 2.34. The number of aromatic hydroxyl groups is 1. The summed E-state index contributed by atoms with van der Waals surface area (Å²) in [5, 5.41) is 9.58. The van der Waals surface area contributed by atoms with Crippen LogP contribution >= 0.6 is 0 Å². The van der Waals surface area contributed by atoms with E-state index in [2.05, 4.69) is 38.1 Å². The van der Waals surface area contributed by atoms with Crippen LogP contribution in [0.3, 0.4) is 0 Å². The fourth-order valence-corrected chi connectivity index (χ4v) is 3.40. The molecule has 0 heterocycles. The quantitative estimate of drug-likeness (QED) is 0.494. The first-order valence-electron chi connectivity index (χ1n) is 9.83. The highest BCUT2D eigenvalue weighted by Gasteiger charge is 2.13. The molecule has 0 radical (unpaired) electrons. The average Bonchev–Trinajstić information content (AvgIpc) is 2.69. The summed E-state index contributed by atoms with van der Waals surface area (Å²) in [6, 6.07) is 22.3. The minimum atomic E-state index is 0.295. The predicted molar refractivity (Wildman–Crippen MR) is 112 cm³/mol. The van der Waals surface area contributed by atoms with Crippen LogP contribution in [-0.4, -0.2) is 5.11 Å². The van der Waals surface area contributed by atoms with Crippen LogP contribution in [0.1, 0.15) is 43.4 Å². The Balaban J connectivity index is 1.98. The molecule has 0 saturated heterocycles. The number of ether oxygens (including phenoxy) is 1. The minimum absolute atomic E-state index is 0.295. The van der Waals surface area contributed by atoms with Crippen molar-refractivity contribution in [3.05, 3.63) is 83.4 Å². The second-order valence-corrected chi connectivity index (χ2v) is 6.94. The molecule has 0 aliphatic rings. The highest BCUT2D eigenvalue weighted by molar-refractivity contribution is 5.68. The molecule has 0 unspecified atom stereocenters. The van der Waals surface area contributed by atoms with Crippen LogP contribution < -0.4 is 4.74 Å². The van der Waals surface area contributed by atoms with E-state index in [0.29, 0.717) is 12.4 Å². The third-order valence-electron chi connectivity index (χ3n) is 4.71. The van der Waals surface area contributed by atoms with Gasteiger partial charge in [-0.3, -0.25) is 0 Å². The molecule has 0 aliphatic carbocycles. The zero-order chi connectivity index (χ0) is 19.1. The van der Waals surface area contributed by atoms with Gasteiger partial charge >= 0.3 is 0 Å². The van der Waals surface area contributed by atoms with Gasteiger partial charge in [0.2, 0.25) is 0 Å². The van der Waals surface area contributed by atoms with Crippen molar-refractivity contribution < 1.29 is 9.84 Å². The van der Waals surface area contributed by atoms with Gasteiger partial charge in [0.15, 0.2) is 0 Å². The second kappa shape index (κ2) is 9.27. The first-order valence-corrected chi connectivity index (χ1v) is 9.83. The van der Waals surface area contributed by atoms with Crippen LogP contribution in [0.15, 0.2) is 66.7 Å². The van der Waals surface area contributed by atoms with E-state index in [4.69, 9.17) is 4.74 Å². The molecule has 27 heavy (non-hydrogen) atoms. The van der Waals surface area contributed by atoms with Gasteiger partial charge in [-0.05, 0) is 64.9 Å². The molecule has 2 heteroatoms. The summed E-state index contributed by atoms with van der Waals surface area (Å²) in [7, 11) is 0. The van der Waals surface area contributed by atoms with Gasteiger partial charge in [0.05, 0.1) is 0 Å². The van der Waals surface area contributed by atoms with Crippen LogP contribution in [-0.2, 0) is 19.4 Å². The molecule has 0 saturated carbocycles. The highest BCUT2D eigenvalue weighted by atomic mass is 16.5. The summed E-state index contributed by atoms with van der Waals surface area (Å²) in [6.45, 7) is 4.99. The molecule has 3 aromatic carbocycles. The van der Waals surface area contributed by atoms with Crippen molar-refractivity contribution in [1.29, 1.82) is 0 Å². The molecular weight excluding hydrogens is 332 g/mol. The Morgan fingerprint density at radius 3 is 1.89 bits per heavy atom. The minimum Gasteiger partial charge on any atom is -0.508 e. The molecule has 0 bridgehead atoms. The fourth-order valence-electron chi connectivity index (χ4n) is 3.40. The first kappa shape index (κ1) is 19.0. The van der Waals surface area contributed by atoms with Crippen molar-refractivity contribution >= 4 is 0 Å². The Labute approximate surface area is 162 Å². The number of phenolic OH excluding ortho intramolecular Hbond substituents is 1.